The highest BCUT2D eigenvalue weighted by Crippen LogP contribution is 2.19. The van der Waals surface area contributed by atoms with E-state index in [2.05, 4.69) is 23.1 Å². The van der Waals surface area contributed by atoms with Gasteiger partial charge in [0.2, 0.25) is 0 Å². The van der Waals surface area contributed by atoms with E-state index in [9.17, 15) is 0 Å². The fraction of sp³-hybridized carbons (Fsp3) is 0.333. The summed E-state index contributed by atoms with van der Waals surface area (Å²) in [6, 6.07) is 7.81. The average Bonchev–Trinajstić information content (AvgIpc) is 2.43. The summed E-state index contributed by atoms with van der Waals surface area (Å²) in [5, 5.41) is 3.17. The molecule has 1 N–H and O–H groups in total. The molecule has 1 aromatic rings. The van der Waals surface area contributed by atoms with Crippen LogP contribution in [-0.4, -0.2) is 27.3 Å². The lowest BCUT2D eigenvalue weighted by molar-refractivity contribution is 0.103. The van der Waals surface area contributed by atoms with Crippen LogP contribution in [0.3, 0.4) is 0 Å². The summed E-state index contributed by atoms with van der Waals surface area (Å²) in [5.74, 6) is 8.47. The van der Waals surface area contributed by atoms with Gasteiger partial charge >= 0.3 is 0 Å². The lowest BCUT2D eigenvalue weighted by atomic mass is 10.1. The SMILES string of the molecule is C#CC#CCNCC(OC)c1ccc(OC)cc1. The molecule has 0 aliphatic carbocycles. The van der Waals surface area contributed by atoms with Crippen LogP contribution in [-0.2, 0) is 4.74 Å². The molecule has 3 nitrogen and oxygen atoms in total. The minimum Gasteiger partial charge on any atom is -0.497 e. The second-order valence-corrected chi connectivity index (χ2v) is 3.57. The van der Waals surface area contributed by atoms with Gasteiger partial charge in [-0.05, 0) is 29.5 Å². The van der Waals surface area contributed by atoms with Gasteiger partial charge in [0.1, 0.15) is 5.75 Å². The van der Waals surface area contributed by atoms with Crippen molar-refractivity contribution in [2.45, 2.75) is 6.10 Å². The largest absolute Gasteiger partial charge is 0.497 e. The number of methoxy groups -OCH3 is 2. The Morgan fingerprint density at radius 3 is 2.56 bits per heavy atom. The third kappa shape index (κ3) is 4.51. The molecule has 1 rings (SSSR count). The van der Waals surface area contributed by atoms with Crippen LogP contribution in [0.2, 0.25) is 0 Å². The molecule has 0 aliphatic heterocycles. The molecule has 0 spiro atoms. The van der Waals surface area contributed by atoms with Gasteiger partial charge in [-0.15, -0.1) is 6.42 Å². The van der Waals surface area contributed by atoms with Crippen LogP contribution >= 0.6 is 0 Å². The Balaban J connectivity index is 2.52. The Morgan fingerprint density at radius 2 is 2.00 bits per heavy atom. The van der Waals surface area contributed by atoms with E-state index in [-0.39, 0.29) is 6.10 Å². The predicted molar refractivity (Wildman–Crippen MR) is 72.2 cm³/mol. The van der Waals surface area contributed by atoms with Crippen LogP contribution in [0.1, 0.15) is 11.7 Å². The topological polar surface area (TPSA) is 30.5 Å². The van der Waals surface area contributed by atoms with Crippen LogP contribution in [0, 0.1) is 24.2 Å². The van der Waals surface area contributed by atoms with Crippen molar-refractivity contribution in [3.8, 4) is 29.9 Å². The molecule has 1 aromatic carbocycles. The first-order valence-corrected chi connectivity index (χ1v) is 5.62. The summed E-state index contributed by atoms with van der Waals surface area (Å²) >= 11 is 0. The molecule has 0 amide bonds. The summed E-state index contributed by atoms with van der Waals surface area (Å²) in [5.41, 5.74) is 1.09. The number of hydrogen-bond acceptors (Lipinski definition) is 3. The average molecular weight is 243 g/mol. The van der Waals surface area contributed by atoms with E-state index < -0.39 is 0 Å². The van der Waals surface area contributed by atoms with Gasteiger partial charge in [-0.1, -0.05) is 18.1 Å². The smallest absolute Gasteiger partial charge is 0.118 e. The molecule has 94 valence electrons. The van der Waals surface area contributed by atoms with Crippen LogP contribution in [0.25, 0.3) is 0 Å². The van der Waals surface area contributed by atoms with Crippen molar-refractivity contribution in [1.82, 2.24) is 5.32 Å². The van der Waals surface area contributed by atoms with Gasteiger partial charge < -0.3 is 14.8 Å². The van der Waals surface area contributed by atoms with Gasteiger partial charge in [0, 0.05) is 13.7 Å². The molecular weight excluding hydrogens is 226 g/mol. The number of benzene rings is 1. The van der Waals surface area contributed by atoms with Crippen LogP contribution in [0.5, 0.6) is 5.75 Å². The van der Waals surface area contributed by atoms with Crippen LogP contribution < -0.4 is 10.1 Å². The molecule has 0 saturated carbocycles. The molecule has 0 aromatic heterocycles. The summed E-state index contributed by atoms with van der Waals surface area (Å²) in [7, 11) is 3.33. The van der Waals surface area contributed by atoms with Crippen molar-refractivity contribution >= 4 is 0 Å². The lowest BCUT2D eigenvalue weighted by Crippen LogP contribution is -2.23. The van der Waals surface area contributed by atoms with E-state index in [0.717, 1.165) is 11.3 Å². The van der Waals surface area contributed by atoms with Crippen molar-refractivity contribution < 1.29 is 9.47 Å². The summed E-state index contributed by atoms with van der Waals surface area (Å²) in [6.45, 7) is 1.24. The Hall–Kier alpha value is -1.94. The molecule has 3 heteroatoms. The van der Waals surface area contributed by atoms with E-state index >= 15 is 0 Å². The zero-order chi connectivity index (χ0) is 13.2. The highest BCUT2D eigenvalue weighted by atomic mass is 16.5. The van der Waals surface area contributed by atoms with Crippen molar-refractivity contribution in [1.29, 1.82) is 0 Å². The molecule has 0 fully saturated rings. The van der Waals surface area contributed by atoms with Gasteiger partial charge in [-0.3, -0.25) is 0 Å². The van der Waals surface area contributed by atoms with Crippen LogP contribution in [0.4, 0.5) is 0 Å². The highest BCUT2D eigenvalue weighted by molar-refractivity contribution is 5.28. The maximum absolute atomic E-state index is 5.42. The number of rotatable bonds is 6. The Labute approximate surface area is 108 Å². The third-order valence-electron chi connectivity index (χ3n) is 2.48. The van der Waals surface area contributed by atoms with Crippen molar-refractivity contribution in [3.05, 3.63) is 29.8 Å². The standard InChI is InChI=1S/C15H17NO2/c1-4-5-6-11-16-12-15(18-3)13-7-9-14(17-2)10-8-13/h1,7-10,15-16H,11-12H2,2-3H3. The Morgan fingerprint density at radius 1 is 1.28 bits per heavy atom. The zero-order valence-corrected chi connectivity index (χ0v) is 10.7. The molecule has 0 aliphatic rings. The molecule has 1 unspecified atom stereocenters. The fourth-order valence-corrected chi connectivity index (χ4v) is 1.52. The first-order valence-electron chi connectivity index (χ1n) is 5.62. The van der Waals surface area contributed by atoms with Gasteiger partial charge in [0.15, 0.2) is 0 Å². The van der Waals surface area contributed by atoms with E-state index in [0.29, 0.717) is 13.1 Å². The third-order valence-corrected chi connectivity index (χ3v) is 2.48. The molecule has 0 heterocycles. The Bertz CT molecular complexity index is 448. The number of ether oxygens (including phenoxy) is 2. The quantitative estimate of drug-likeness (QED) is 0.608. The van der Waals surface area contributed by atoms with Crippen molar-refractivity contribution in [2.24, 2.45) is 0 Å². The summed E-state index contributed by atoms with van der Waals surface area (Å²) in [6.07, 6.45) is 5.02. The minimum atomic E-state index is -0.0106. The first kappa shape index (κ1) is 14.1. The predicted octanol–water partition coefficient (Wildman–Crippen LogP) is 1.61. The van der Waals surface area contributed by atoms with Crippen molar-refractivity contribution in [2.75, 3.05) is 27.3 Å². The van der Waals surface area contributed by atoms with E-state index in [1.165, 1.54) is 0 Å². The maximum atomic E-state index is 5.42. The maximum Gasteiger partial charge on any atom is 0.118 e. The second kappa shape index (κ2) is 8.20. The summed E-state index contributed by atoms with van der Waals surface area (Å²) < 4.78 is 10.5. The van der Waals surface area contributed by atoms with E-state index in [1.807, 2.05) is 24.3 Å². The first-order chi connectivity index (χ1) is 8.81. The Kier molecular flexibility index (Phi) is 6.43. The van der Waals surface area contributed by atoms with Crippen LogP contribution in [0.15, 0.2) is 24.3 Å². The molecule has 0 bridgehead atoms. The monoisotopic (exact) mass is 243 g/mol. The lowest BCUT2D eigenvalue weighted by Gasteiger charge is -2.16. The highest BCUT2D eigenvalue weighted by Gasteiger charge is 2.09. The molecule has 0 saturated heterocycles. The fourth-order valence-electron chi connectivity index (χ4n) is 1.52. The second-order valence-electron chi connectivity index (χ2n) is 3.57. The minimum absolute atomic E-state index is 0.0106. The molecule has 0 radical (unpaired) electrons. The van der Waals surface area contributed by atoms with E-state index in [4.69, 9.17) is 15.9 Å². The molecular formula is C15H17NO2. The summed E-state index contributed by atoms with van der Waals surface area (Å²) in [4.78, 5) is 0. The van der Waals surface area contributed by atoms with E-state index in [1.54, 1.807) is 14.2 Å². The van der Waals surface area contributed by atoms with Gasteiger partial charge in [0.25, 0.3) is 0 Å². The zero-order valence-electron chi connectivity index (χ0n) is 10.7. The van der Waals surface area contributed by atoms with Gasteiger partial charge in [-0.2, -0.15) is 0 Å². The number of terminal acetylenes is 1. The molecule has 1 atom stereocenters. The normalized spacial score (nSPS) is 10.9. The number of nitrogens with one attached hydrogen (secondary N) is 1. The van der Waals surface area contributed by atoms with Gasteiger partial charge in [0.05, 0.1) is 19.8 Å². The molecule has 18 heavy (non-hydrogen) atoms. The van der Waals surface area contributed by atoms with Crippen molar-refractivity contribution in [3.63, 3.8) is 0 Å². The van der Waals surface area contributed by atoms with Gasteiger partial charge in [-0.25, -0.2) is 0 Å². The number of hydrogen-bond donors (Lipinski definition) is 1.